The van der Waals surface area contributed by atoms with Gasteiger partial charge in [0.2, 0.25) is 5.91 Å². The van der Waals surface area contributed by atoms with Crippen LogP contribution in [0.2, 0.25) is 0 Å². The molecule has 6 nitrogen and oxygen atoms in total. The Morgan fingerprint density at radius 3 is 2.47 bits per heavy atom. The molecule has 2 aliphatic heterocycles. The predicted molar refractivity (Wildman–Crippen MR) is 115 cm³/mol. The summed E-state index contributed by atoms with van der Waals surface area (Å²) in [5.41, 5.74) is 5.36. The topological polar surface area (TPSA) is 65.5 Å². The largest absolute Gasteiger partial charge is 0.338 e. The molecule has 1 aliphatic carbocycles. The molecule has 30 heavy (non-hydrogen) atoms. The summed E-state index contributed by atoms with van der Waals surface area (Å²) < 4.78 is 0. The Hall–Kier alpha value is -3.15. The van der Waals surface area contributed by atoms with Crippen LogP contribution in [0.15, 0.2) is 48.8 Å². The number of urea groups is 1. The monoisotopic (exact) mass is 402 g/mol. The molecule has 3 heterocycles. The van der Waals surface area contributed by atoms with Gasteiger partial charge in [0.05, 0.1) is 0 Å². The molecule has 154 valence electrons. The second-order valence-electron chi connectivity index (χ2n) is 8.80. The first kappa shape index (κ1) is 18.9. The third-order valence-electron chi connectivity index (χ3n) is 6.53. The standard InChI is InChI=1S/C24H26N4O2/c1-24(9-10-24)22(29)27-12-7-18(8-13-27)17-2-4-21(5-3-17)26-23(30)28-15-19-6-11-25-14-20(19)16-28/h2-7,11,14H,8-10,12-13,15-16H2,1H3,(H,26,30). The number of hydrogen-bond donors (Lipinski definition) is 1. The Labute approximate surface area is 176 Å². The quantitative estimate of drug-likeness (QED) is 0.842. The highest BCUT2D eigenvalue weighted by atomic mass is 16.2. The molecule has 0 unspecified atom stereocenters. The van der Waals surface area contributed by atoms with E-state index in [-0.39, 0.29) is 11.4 Å². The second-order valence-corrected chi connectivity index (χ2v) is 8.80. The molecule has 3 aliphatic rings. The molecule has 0 bridgehead atoms. The predicted octanol–water partition coefficient (Wildman–Crippen LogP) is 4.05. The van der Waals surface area contributed by atoms with Crippen molar-refractivity contribution in [3.05, 3.63) is 65.5 Å². The van der Waals surface area contributed by atoms with Crippen LogP contribution in [0.3, 0.4) is 0 Å². The van der Waals surface area contributed by atoms with Crippen molar-refractivity contribution in [2.24, 2.45) is 5.41 Å². The fourth-order valence-electron chi connectivity index (χ4n) is 4.23. The number of fused-ring (bicyclic) bond motifs is 1. The first-order valence-electron chi connectivity index (χ1n) is 10.6. The molecule has 1 aromatic heterocycles. The number of amides is 3. The third-order valence-corrected chi connectivity index (χ3v) is 6.53. The smallest absolute Gasteiger partial charge is 0.322 e. The van der Waals surface area contributed by atoms with Crippen molar-refractivity contribution < 1.29 is 9.59 Å². The minimum atomic E-state index is -0.0988. The van der Waals surface area contributed by atoms with Crippen molar-refractivity contribution >= 4 is 23.2 Å². The van der Waals surface area contributed by atoms with E-state index in [4.69, 9.17) is 0 Å². The summed E-state index contributed by atoms with van der Waals surface area (Å²) in [4.78, 5) is 33.0. The molecule has 2 aromatic rings. The lowest BCUT2D eigenvalue weighted by molar-refractivity contribution is -0.135. The average Bonchev–Trinajstić information content (AvgIpc) is 3.37. The molecule has 1 aromatic carbocycles. The lowest BCUT2D eigenvalue weighted by Crippen LogP contribution is -2.38. The first-order valence-corrected chi connectivity index (χ1v) is 10.6. The molecule has 0 saturated heterocycles. The average molecular weight is 402 g/mol. The molecule has 3 amide bonds. The van der Waals surface area contributed by atoms with Crippen molar-refractivity contribution in [2.75, 3.05) is 18.4 Å². The zero-order valence-corrected chi connectivity index (χ0v) is 17.2. The maximum absolute atomic E-state index is 12.6. The Kier molecular flexibility index (Phi) is 4.57. The number of anilines is 1. The van der Waals surface area contributed by atoms with E-state index < -0.39 is 0 Å². The molecule has 1 saturated carbocycles. The van der Waals surface area contributed by atoms with E-state index in [2.05, 4.69) is 23.3 Å². The molecule has 1 fully saturated rings. The van der Waals surface area contributed by atoms with E-state index in [0.29, 0.717) is 25.5 Å². The molecule has 0 atom stereocenters. The number of nitrogens with zero attached hydrogens (tertiary/aromatic N) is 3. The van der Waals surface area contributed by atoms with E-state index in [0.717, 1.165) is 48.2 Å². The van der Waals surface area contributed by atoms with Gasteiger partial charge in [-0.1, -0.05) is 25.1 Å². The Balaban J connectivity index is 1.19. The molecule has 6 heteroatoms. The van der Waals surface area contributed by atoms with Crippen molar-refractivity contribution in [3.63, 3.8) is 0 Å². The lowest BCUT2D eigenvalue weighted by Gasteiger charge is -2.29. The number of nitrogens with one attached hydrogen (secondary N) is 1. The van der Waals surface area contributed by atoms with Crippen LogP contribution in [0.1, 0.15) is 42.9 Å². The number of carbonyl (C=O) groups excluding carboxylic acids is 2. The summed E-state index contributed by atoms with van der Waals surface area (Å²) in [6.45, 7) is 4.74. The minimum absolute atomic E-state index is 0.0986. The number of pyridine rings is 1. The van der Waals surface area contributed by atoms with Gasteiger partial charge in [-0.05, 0) is 59.7 Å². The van der Waals surface area contributed by atoms with Crippen LogP contribution >= 0.6 is 0 Å². The van der Waals surface area contributed by atoms with Crippen LogP contribution in [0.25, 0.3) is 5.57 Å². The zero-order valence-electron chi connectivity index (χ0n) is 17.2. The van der Waals surface area contributed by atoms with Crippen LogP contribution in [0, 0.1) is 5.41 Å². The summed E-state index contributed by atoms with van der Waals surface area (Å²) in [6, 6.07) is 9.85. The van der Waals surface area contributed by atoms with Crippen molar-refractivity contribution in [2.45, 2.75) is 39.3 Å². The van der Waals surface area contributed by atoms with Gasteiger partial charge < -0.3 is 15.1 Å². The highest BCUT2D eigenvalue weighted by Crippen LogP contribution is 2.46. The maximum atomic E-state index is 12.6. The van der Waals surface area contributed by atoms with Gasteiger partial charge in [0, 0.05) is 49.7 Å². The lowest BCUT2D eigenvalue weighted by atomic mass is 9.98. The van der Waals surface area contributed by atoms with Crippen molar-refractivity contribution in [1.82, 2.24) is 14.8 Å². The molecular weight excluding hydrogens is 376 g/mol. The normalized spacial score (nSPS) is 19.2. The Morgan fingerprint density at radius 2 is 1.80 bits per heavy atom. The van der Waals surface area contributed by atoms with Crippen molar-refractivity contribution in [1.29, 1.82) is 0 Å². The Morgan fingerprint density at radius 1 is 1.03 bits per heavy atom. The van der Waals surface area contributed by atoms with Crippen LogP contribution in [0.4, 0.5) is 10.5 Å². The molecule has 0 radical (unpaired) electrons. The summed E-state index contributed by atoms with van der Waals surface area (Å²) in [7, 11) is 0. The zero-order chi connectivity index (χ0) is 20.7. The highest BCUT2D eigenvalue weighted by molar-refractivity contribution is 5.90. The number of hydrogen-bond acceptors (Lipinski definition) is 3. The molecule has 5 rings (SSSR count). The van der Waals surface area contributed by atoms with Gasteiger partial charge in [-0.15, -0.1) is 0 Å². The Bertz CT molecular complexity index is 999. The van der Waals surface area contributed by atoms with Crippen molar-refractivity contribution in [3.8, 4) is 0 Å². The summed E-state index contributed by atoms with van der Waals surface area (Å²) in [6.07, 6.45) is 8.66. The SMILES string of the molecule is CC1(C(=O)N2CC=C(c3ccc(NC(=O)N4Cc5ccncc5C4)cc3)CC2)CC1. The van der Waals surface area contributed by atoms with Gasteiger partial charge in [-0.2, -0.15) is 0 Å². The van der Waals surface area contributed by atoms with E-state index >= 15 is 0 Å². The van der Waals surface area contributed by atoms with E-state index in [1.165, 1.54) is 5.57 Å². The number of carbonyl (C=O) groups is 2. The maximum Gasteiger partial charge on any atom is 0.322 e. The fourth-order valence-corrected chi connectivity index (χ4v) is 4.23. The van der Waals surface area contributed by atoms with Gasteiger partial charge in [0.15, 0.2) is 0 Å². The summed E-state index contributed by atoms with van der Waals surface area (Å²) in [5.74, 6) is 0.302. The number of aromatic nitrogens is 1. The van der Waals surface area contributed by atoms with Crippen LogP contribution in [-0.4, -0.2) is 39.8 Å². The fraction of sp³-hybridized carbons (Fsp3) is 0.375. The highest BCUT2D eigenvalue weighted by Gasteiger charge is 2.47. The molecule has 0 spiro atoms. The van der Waals surface area contributed by atoms with Gasteiger partial charge in [-0.3, -0.25) is 9.78 Å². The van der Waals surface area contributed by atoms with Gasteiger partial charge >= 0.3 is 6.03 Å². The van der Waals surface area contributed by atoms with Gasteiger partial charge in [-0.25, -0.2) is 4.79 Å². The molecular formula is C24H26N4O2. The van der Waals surface area contributed by atoms with Crippen LogP contribution in [-0.2, 0) is 17.9 Å². The van der Waals surface area contributed by atoms with E-state index in [1.807, 2.05) is 41.4 Å². The number of rotatable bonds is 3. The van der Waals surface area contributed by atoms with Crippen LogP contribution in [0.5, 0.6) is 0 Å². The summed E-state index contributed by atoms with van der Waals surface area (Å²) in [5, 5.41) is 2.99. The first-order chi connectivity index (χ1) is 14.5. The second kappa shape index (κ2) is 7.27. The number of benzene rings is 1. The van der Waals surface area contributed by atoms with Crippen LogP contribution < -0.4 is 5.32 Å². The molecule has 1 N–H and O–H groups in total. The van der Waals surface area contributed by atoms with Gasteiger partial charge in [0.1, 0.15) is 0 Å². The van der Waals surface area contributed by atoms with E-state index in [1.54, 1.807) is 11.1 Å². The third kappa shape index (κ3) is 3.58. The van der Waals surface area contributed by atoms with E-state index in [9.17, 15) is 9.59 Å². The minimum Gasteiger partial charge on any atom is -0.338 e. The summed E-state index contributed by atoms with van der Waals surface area (Å²) >= 11 is 0. The van der Waals surface area contributed by atoms with Gasteiger partial charge in [0.25, 0.3) is 0 Å².